The molecule has 0 fully saturated rings. The standard InChI is InChI=1S/C24H24N2O/c1-18(27)26-22-16-10-9-15-21(22)25-24(2,20-13-7-4-8-14-20)17-23(26)19-11-5-3-6-12-19/h3-16,23,25H,17H2,1-2H3/t23-,24+/m1/s1. The van der Waals surface area contributed by atoms with E-state index in [0.29, 0.717) is 0 Å². The van der Waals surface area contributed by atoms with E-state index in [-0.39, 0.29) is 17.5 Å². The van der Waals surface area contributed by atoms with Crippen molar-refractivity contribution in [1.82, 2.24) is 0 Å². The molecule has 2 atom stereocenters. The first kappa shape index (κ1) is 17.3. The number of para-hydroxylation sites is 2. The minimum atomic E-state index is -0.304. The number of carbonyl (C=O) groups excluding carboxylic acids is 1. The van der Waals surface area contributed by atoms with Crippen molar-refractivity contribution in [1.29, 1.82) is 0 Å². The minimum absolute atomic E-state index is 0.0509. The second kappa shape index (κ2) is 6.92. The molecule has 4 rings (SSSR count). The third-order valence-corrected chi connectivity index (χ3v) is 5.42. The van der Waals surface area contributed by atoms with Gasteiger partial charge in [0.05, 0.1) is 23.0 Å². The Labute approximate surface area is 160 Å². The normalized spacial score (nSPS) is 21.7. The van der Waals surface area contributed by atoms with E-state index in [0.717, 1.165) is 23.4 Å². The zero-order valence-electron chi connectivity index (χ0n) is 15.7. The summed E-state index contributed by atoms with van der Waals surface area (Å²) in [5.74, 6) is 0.0513. The van der Waals surface area contributed by atoms with Gasteiger partial charge in [-0.05, 0) is 36.6 Å². The Balaban J connectivity index is 1.92. The summed E-state index contributed by atoms with van der Waals surface area (Å²) in [6.07, 6.45) is 0.773. The molecule has 0 aromatic heterocycles. The topological polar surface area (TPSA) is 32.3 Å². The average molecular weight is 356 g/mol. The van der Waals surface area contributed by atoms with Crippen LogP contribution in [0, 0.1) is 0 Å². The van der Waals surface area contributed by atoms with E-state index in [1.54, 1.807) is 6.92 Å². The first-order valence-corrected chi connectivity index (χ1v) is 9.36. The number of anilines is 2. The quantitative estimate of drug-likeness (QED) is 0.656. The molecule has 1 N–H and O–H groups in total. The molecular weight excluding hydrogens is 332 g/mol. The number of fused-ring (bicyclic) bond motifs is 1. The SMILES string of the molecule is CC(=O)N1c2ccccc2N[C@](C)(c2ccccc2)C[C@@H]1c1ccccc1. The van der Waals surface area contributed by atoms with Gasteiger partial charge in [-0.3, -0.25) is 4.79 Å². The van der Waals surface area contributed by atoms with Gasteiger partial charge in [0.2, 0.25) is 5.91 Å². The Hall–Kier alpha value is -3.07. The Morgan fingerprint density at radius 2 is 1.52 bits per heavy atom. The van der Waals surface area contributed by atoms with Gasteiger partial charge in [0.15, 0.2) is 0 Å². The van der Waals surface area contributed by atoms with Gasteiger partial charge in [0.25, 0.3) is 0 Å². The molecule has 27 heavy (non-hydrogen) atoms. The molecule has 1 aliphatic heterocycles. The summed E-state index contributed by atoms with van der Waals surface area (Å²) in [6, 6.07) is 28.8. The molecule has 0 saturated carbocycles. The van der Waals surface area contributed by atoms with Crippen molar-refractivity contribution in [3.8, 4) is 0 Å². The second-order valence-electron chi connectivity index (χ2n) is 7.36. The molecule has 3 heteroatoms. The highest BCUT2D eigenvalue weighted by Gasteiger charge is 2.39. The summed E-state index contributed by atoms with van der Waals surface area (Å²) < 4.78 is 0. The fourth-order valence-corrected chi connectivity index (χ4v) is 4.11. The molecular formula is C24H24N2O. The summed E-state index contributed by atoms with van der Waals surface area (Å²) >= 11 is 0. The van der Waals surface area contributed by atoms with Gasteiger partial charge >= 0.3 is 0 Å². The minimum Gasteiger partial charge on any atom is -0.374 e. The maximum Gasteiger partial charge on any atom is 0.224 e. The van der Waals surface area contributed by atoms with E-state index in [2.05, 4.69) is 54.7 Å². The lowest BCUT2D eigenvalue weighted by Gasteiger charge is -2.35. The molecule has 0 bridgehead atoms. The van der Waals surface area contributed by atoms with Crippen LogP contribution in [0.4, 0.5) is 11.4 Å². The Bertz CT molecular complexity index is 939. The Morgan fingerprint density at radius 3 is 2.19 bits per heavy atom. The largest absolute Gasteiger partial charge is 0.374 e. The highest BCUT2D eigenvalue weighted by molar-refractivity contribution is 5.96. The van der Waals surface area contributed by atoms with Gasteiger partial charge in [-0.25, -0.2) is 0 Å². The Kier molecular flexibility index (Phi) is 4.44. The zero-order valence-corrected chi connectivity index (χ0v) is 15.7. The number of nitrogens with zero attached hydrogens (tertiary/aromatic N) is 1. The van der Waals surface area contributed by atoms with E-state index in [4.69, 9.17) is 0 Å². The lowest BCUT2D eigenvalue weighted by molar-refractivity contribution is -0.117. The van der Waals surface area contributed by atoms with Crippen LogP contribution in [0.25, 0.3) is 0 Å². The van der Waals surface area contributed by atoms with Crippen LogP contribution in [0.3, 0.4) is 0 Å². The molecule has 0 aliphatic carbocycles. The van der Waals surface area contributed by atoms with Crippen LogP contribution in [-0.2, 0) is 10.3 Å². The molecule has 3 aromatic rings. The van der Waals surface area contributed by atoms with E-state index in [9.17, 15) is 4.79 Å². The fraction of sp³-hybridized carbons (Fsp3) is 0.208. The first-order valence-electron chi connectivity index (χ1n) is 9.36. The molecule has 1 aliphatic rings. The van der Waals surface area contributed by atoms with Crippen molar-refractivity contribution < 1.29 is 4.79 Å². The van der Waals surface area contributed by atoms with Crippen molar-refractivity contribution >= 4 is 17.3 Å². The summed E-state index contributed by atoms with van der Waals surface area (Å²) in [5, 5.41) is 3.74. The smallest absolute Gasteiger partial charge is 0.224 e. The first-order chi connectivity index (χ1) is 13.1. The molecule has 3 nitrogen and oxygen atoms in total. The second-order valence-corrected chi connectivity index (χ2v) is 7.36. The van der Waals surface area contributed by atoms with Gasteiger partial charge in [-0.15, -0.1) is 0 Å². The highest BCUT2D eigenvalue weighted by atomic mass is 16.2. The maximum absolute atomic E-state index is 12.7. The third kappa shape index (κ3) is 3.21. The number of nitrogens with one attached hydrogen (secondary N) is 1. The predicted molar refractivity (Wildman–Crippen MR) is 111 cm³/mol. The molecule has 0 radical (unpaired) electrons. The van der Waals surface area contributed by atoms with Crippen LogP contribution < -0.4 is 10.2 Å². The van der Waals surface area contributed by atoms with Gasteiger partial charge in [0, 0.05) is 6.92 Å². The maximum atomic E-state index is 12.7. The monoisotopic (exact) mass is 356 g/mol. The molecule has 1 amide bonds. The van der Waals surface area contributed by atoms with Crippen molar-refractivity contribution in [2.75, 3.05) is 10.2 Å². The number of hydrogen-bond acceptors (Lipinski definition) is 2. The van der Waals surface area contributed by atoms with Crippen LogP contribution in [0.2, 0.25) is 0 Å². The van der Waals surface area contributed by atoms with Crippen molar-refractivity contribution in [2.24, 2.45) is 0 Å². The summed E-state index contributed by atoms with van der Waals surface area (Å²) in [5.41, 5.74) is 3.97. The van der Waals surface area contributed by atoms with Gasteiger partial charge in [-0.1, -0.05) is 72.8 Å². The van der Waals surface area contributed by atoms with Crippen molar-refractivity contribution in [2.45, 2.75) is 31.8 Å². The molecule has 1 heterocycles. The van der Waals surface area contributed by atoms with Crippen LogP contribution >= 0.6 is 0 Å². The highest BCUT2D eigenvalue weighted by Crippen LogP contribution is 2.46. The van der Waals surface area contributed by atoms with E-state index >= 15 is 0 Å². The van der Waals surface area contributed by atoms with Gasteiger partial charge in [-0.2, -0.15) is 0 Å². The van der Waals surface area contributed by atoms with Crippen molar-refractivity contribution in [3.63, 3.8) is 0 Å². The van der Waals surface area contributed by atoms with Gasteiger partial charge < -0.3 is 10.2 Å². The van der Waals surface area contributed by atoms with Crippen LogP contribution in [0.5, 0.6) is 0 Å². The molecule has 0 unspecified atom stereocenters. The molecule has 3 aromatic carbocycles. The summed E-state index contributed by atoms with van der Waals surface area (Å²) in [4.78, 5) is 14.7. The number of amides is 1. The number of benzene rings is 3. The Morgan fingerprint density at radius 1 is 0.926 bits per heavy atom. The van der Waals surface area contributed by atoms with E-state index in [1.165, 1.54) is 5.56 Å². The number of rotatable bonds is 2. The van der Waals surface area contributed by atoms with Gasteiger partial charge in [0.1, 0.15) is 0 Å². The van der Waals surface area contributed by atoms with Crippen LogP contribution in [-0.4, -0.2) is 5.91 Å². The lowest BCUT2D eigenvalue weighted by Crippen LogP contribution is -2.37. The average Bonchev–Trinajstić information content (AvgIpc) is 2.84. The van der Waals surface area contributed by atoms with Crippen LogP contribution in [0.1, 0.15) is 37.4 Å². The fourth-order valence-electron chi connectivity index (χ4n) is 4.11. The third-order valence-electron chi connectivity index (χ3n) is 5.42. The van der Waals surface area contributed by atoms with E-state index in [1.807, 2.05) is 47.4 Å². The molecule has 136 valence electrons. The summed E-state index contributed by atoms with van der Waals surface area (Å²) in [6.45, 7) is 3.87. The molecule has 0 spiro atoms. The van der Waals surface area contributed by atoms with E-state index < -0.39 is 0 Å². The predicted octanol–water partition coefficient (Wildman–Crippen LogP) is 5.51. The summed E-state index contributed by atoms with van der Waals surface area (Å²) in [7, 11) is 0. The zero-order chi connectivity index (χ0) is 18.9. The number of hydrogen-bond donors (Lipinski definition) is 1. The molecule has 0 saturated heterocycles. The van der Waals surface area contributed by atoms with Crippen molar-refractivity contribution in [3.05, 3.63) is 96.1 Å². The lowest BCUT2D eigenvalue weighted by atomic mass is 9.83. The number of carbonyl (C=O) groups is 1. The van der Waals surface area contributed by atoms with Crippen LogP contribution in [0.15, 0.2) is 84.9 Å².